The molecule has 0 aromatic heterocycles. The quantitative estimate of drug-likeness (QED) is 0.749. The highest BCUT2D eigenvalue weighted by atomic mass is 35.5. The molecule has 2 aromatic rings. The summed E-state index contributed by atoms with van der Waals surface area (Å²) < 4.78 is 19.0. The summed E-state index contributed by atoms with van der Waals surface area (Å²) in [5.41, 5.74) is 0.757. The molecular weight excluding hydrogens is 302 g/mol. The highest BCUT2D eigenvalue weighted by Crippen LogP contribution is 2.28. The van der Waals surface area contributed by atoms with Crippen LogP contribution in [0.2, 0.25) is 10.0 Å². The minimum atomic E-state index is -0.436. The minimum absolute atomic E-state index is 0.0371. The molecule has 0 aliphatic heterocycles. The van der Waals surface area contributed by atoms with E-state index < -0.39 is 5.82 Å². The third-order valence-electron chi connectivity index (χ3n) is 2.77. The van der Waals surface area contributed by atoms with Gasteiger partial charge in [-0.05, 0) is 37.3 Å². The van der Waals surface area contributed by atoms with Crippen LogP contribution in [-0.2, 0) is 6.61 Å². The molecule has 20 heavy (non-hydrogen) atoms. The first-order valence-corrected chi connectivity index (χ1v) is 6.61. The first-order valence-electron chi connectivity index (χ1n) is 5.85. The summed E-state index contributed by atoms with van der Waals surface area (Å²) in [4.78, 5) is 11.2. The Bertz CT molecular complexity index is 636. The van der Waals surface area contributed by atoms with Gasteiger partial charge in [0.2, 0.25) is 0 Å². The van der Waals surface area contributed by atoms with E-state index >= 15 is 0 Å². The van der Waals surface area contributed by atoms with Gasteiger partial charge in [0.1, 0.15) is 18.2 Å². The van der Waals surface area contributed by atoms with Gasteiger partial charge in [-0.1, -0.05) is 29.3 Å². The van der Waals surface area contributed by atoms with Crippen LogP contribution in [0, 0.1) is 5.82 Å². The van der Waals surface area contributed by atoms with Crippen LogP contribution in [-0.4, -0.2) is 5.78 Å². The van der Waals surface area contributed by atoms with Crippen molar-refractivity contribution in [2.75, 3.05) is 0 Å². The van der Waals surface area contributed by atoms with Gasteiger partial charge in [-0.15, -0.1) is 0 Å². The van der Waals surface area contributed by atoms with Crippen LogP contribution in [0.1, 0.15) is 22.8 Å². The average Bonchev–Trinajstić information content (AvgIpc) is 2.39. The van der Waals surface area contributed by atoms with Crippen molar-refractivity contribution in [1.29, 1.82) is 0 Å². The maximum atomic E-state index is 13.6. The van der Waals surface area contributed by atoms with E-state index in [1.54, 1.807) is 18.2 Å². The van der Waals surface area contributed by atoms with Crippen molar-refractivity contribution in [1.82, 2.24) is 0 Å². The zero-order valence-electron chi connectivity index (χ0n) is 10.6. The Labute approximate surface area is 126 Å². The van der Waals surface area contributed by atoms with Gasteiger partial charge in [0.25, 0.3) is 0 Å². The Morgan fingerprint density at radius 1 is 1.20 bits per heavy atom. The number of hydrogen-bond acceptors (Lipinski definition) is 2. The van der Waals surface area contributed by atoms with Gasteiger partial charge in [-0.3, -0.25) is 4.79 Å². The van der Waals surface area contributed by atoms with E-state index in [1.807, 2.05) is 0 Å². The monoisotopic (exact) mass is 312 g/mol. The number of benzene rings is 2. The molecule has 0 amide bonds. The van der Waals surface area contributed by atoms with Crippen molar-refractivity contribution in [3.8, 4) is 5.75 Å². The molecule has 2 rings (SSSR count). The molecule has 0 atom stereocenters. The Balaban J connectivity index is 2.17. The second-order valence-electron chi connectivity index (χ2n) is 4.19. The molecular formula is C15H11Cl2FO2. The minimum Gasteiger partial charge on any atom is -0.487 e. The lowest BCUT2D eigenvalue weighted by Gasteiger charge is -2.10. The van der Waals surface area contributed by atoms with Crippen molar-refractivity contribution in [3.63, 3.8) is 0 Å². The van der Waals surface area contributed by atoms with Crippen LogP contribution in [0.15, 0.2) is 36.4 Å². The molecule has 0 bridgehead atoms. The summed E-state index contributed by atoms with van der Waals surface area (Å²) in [5.74, 6) is -0.152. The Kier molecular flexibility index (Phi) is 4.63. The van der Waals surface area contributed by atoms with Gasteiger partial charge in [0, 0.05) is 11.1 Å². The molecule has 0 saturated carbocycles. The lowest BCUT2D eigenvalue weighted by atomic mass is 10.1. The summed E-state index contributed by atoms with van der Waals surface area (Å²) in [5, 5.41) is 0.589. The highest BCUT2D eigenvalue weighted by molar-refractivity contribution is 6.32. The van der Waals surface area contributed by atoms with Crippen LogP contribution < -0.4 is 4.74 Å². The number of ether oxygens (including phenoxy) is 1. The van der Waals surface area contributed by atoms with E-state index in [0.717, 1.165) is 0 Å². The number of ketones is 1. The number of halogens is 3. The molecule has 0 saturated heterocycles. The molecule has 0 unspecified atom stereocenters. The summed E-state index contributed by atoms with van der Waals surface area (Å²) >= 11 is 11.9. The van der Waals surface area contributed by atoms with Crippen molar-refractivity contribution in [2.45, 2.75) is 13.5 Å². The molecule has 0 fully saturated rings. The molecule has 0 aliphatic rings. The van der Waals surface area contributed by atoms with E-state index in [-0.39, 0.29) is 18.0 Å². The third kappa shape index (κ3) is 3.30. The maximum Gasteiger partial charge on any atom is 0.159 e. The zero-order valence-corrected chi connectivity index (χ0v) is 12.1. The molecule has 0 heterocycles. The summed E-state index contributed by atoms with van der Waals surface area (Å²) in [6.45, 7) is 1.41. The van der Waals surface area contributed by atoms with Gasteiger partial charge in [-0.25, -0.2) is 4.39 Å². The molecule has 0 spiro atoms. The smallest absolute Gasteiger partial charge is 0.159 e. The summed E-state index contributed by atoms with van der Waals surface area (Å²) in [7, 11) is 0. The topological polar surface area (TPSA) is 26.3 Å². The van der Waals surface area contributed by atoms with Crippen molar-refractivity contribution in [3.05, 3.63) is 63.4 Å². The molecule has 2 aromatic carbocycles. The van der Waals surface area contributed by atoms with Gasteiger partial charge in [0.05, 0.1) is 10.0 Å². The SMILES string of the molecule is CC(=O)c1ccc(OCc2c(F)cccc2Cl)c(Cl)c1. The molecule has 0 radical (unpaired) electrons. The van der Waals surface area contributed by atoms with Crippen molar-refractivity contribution in [2.24, 2.45) is 0 Å². The largest absolute Gasteiger partial charge is 0.487 e. The predicted molar refractivity (Wildman–Crippen MR) is 77.2 cm³/mol. The van der Waals surface area contributed by atoms with Crippen LogP contribution in [0.25, 0.3) is 0 Å². The van der Waals surface area contributed by atoms with E-state index in [2.05, 4.69) is 0 Å². The fourth-order valence-corrected chi connectivity index (χ4v) is 2.11. The van der Waals surface area contributed by atoms with Gasteiger partial charge in [0.15, 0.2) is 5.78 Å². The predicted octanol–water partition coefficient (Wildman–Crippen LogP) is 4.91. The van der Waals surface area contributed by atoms with E-state index in [0.29, 0.717) is 21.4 Å². The van der Waals surface area contributed by atoms with Crippen LogP contribution in [0.4, 0.5) is 4.39 Å². The molecule has 5 heteroatoms. The van der Waals surface area contributed by atoms with E-state index in [9.17, 15) is 9.18 Å². The van der Waals surface area contributed by atoms with Gasteiger partial charge < -0.3 is 4.74 Å². The van der Waals surface area contributed by atoms with E-state index in [4.69, 9.17) is 27.9 Å². The molecule has 0 aliphatic carbocycles. The van der Waals surface area contributed by atoms with Gasteiger partial charge >= 0.3 is 0 Å². The highest BCUT2D eigenvalue weighted by Gasteiger charge is 2.10. The standard InChI is InChI=1S/C15H11Cl2FO2/c1-9(19)10-5-6-15(13(17)7-10)20-8-11-12(16)3-2-4-14(11)18/h2-7H,8H2,1H3. The second kappa shape index (κ2) is 6.25. The van der Waals surface area contributed by atoms with Gasteiger partial charge in [-0.2, -0.15) is 0 Å². The summed E-state index contributed by atoms with van der Waals surface area (Å²) in [6.07, 6.45) is 0. The lowest BCUT2D eigenvalue weighted by molar-refractivity contribution is 0.101. The van der Waals surface area contributed by atoms with E-state index in [1.165, 1.54) is 25.1 Å². The lowest BCUT2D eigenvalue weighted by Crippen LogP contribution is -2.00. The Hall–Kier alpha value is -1.58. The van der Waals surface area contributed by atoms with Crippen molar-refractivity contribution >= 4 is 29.0 Å². The fourth-order valence-electron chi connectivity index (χ4n) is 1.66. The van der Waals surface area contributed by atoms with Crippen molar-refractivity contribution < 1.29 is 13.9 Å². The number of hydrogen-bond donors (Lipinski definition) is 0. The Morgan fingerprint density at radius 3 is 2.55 bits per heavy atom. The average molecular weight is 313 g/mol. The third-order valence-corrected chi connectivity index (χ3v) is 3.42. The summed E-state index contributed by atoms with van der Waals surface area (Å²) in [6, 6.07) is 9.12. The number of Topliss-reactive ketones (excluding diaryl/α,β-unsaturated/α-hetero) is 1. The maximum absolute atomic E-state index is 13.6. The fraction of sp³-hybridized carbons (Fsp3) is 0.133. The zero-order chi connectivity index (χ0) is 14.7. The molecule has 0 N–H and O–H groups in total. The number of carbonyl (C=O) groups is 1. The van der Waals surface area contributed by atoms with Crippen LogP contribution in [0.3, 0.4) is 0 Å². The molecule has 2 nitrogen and oxygen atoms in total. The van der Waals surface area contributed by atoms with Crippen LogP contribution >= 0.6 is 23.2 Å². The van der Waals surface area contributed by atoms with Crippen LogP contribution in [0.5, 0.6) is 5.75 Å². The first kappa shape index (κ1) is 14.8. The second-order valence-corrected chi connectivity index (χ2v) is 5.00. The number of rotatable bonds is 4. The first-order chi connectivity index (χ1) is 9.49. The molecule has 104 valence electrons. The normalized spacial score (nSPS) is 10.4. The number of carbonyl (C=O) groups excluding carboxylic acids is 1. The Morgan fingerprint density at radius 2 is 1.95 bits per heavy atom.